The van der Waals surface area contributed by atoms with Crippen LogP contribution in [0, 0.1) is 0 Å². The van der Waals surface area contributed by atoms with Gasteiger partial charge in [-0.1, -0.05) is 18.2 Å². The second kappa shape index (κ2) is 5.41. The number of allylic oxidation sites excluding steroid dienone is 1. The molecule has 80 valence electrons. The lowest BCUT2D eigenvalue weighted by molar-refractivity contribution is 0.0697. The van der Waals surface area contributed by atoms with Crippen LogP contribution in [0.5, 0.6) is 0 Å². The van der Waals surface area contributed by atoms with Crippen molar-refractivity contribution in [3.05, 3.63) is 35.4 Å². The zero-order chi connectivity index (χ0) is 11.3. The Morgan fingerprint density at radius 3 is 2.80 bits per heavy atom. The summed E-state index contributed by atoms with van der Waals surface area (Å²) >= 11 is 5.51. The zero-order valence-electron chi connectivity index (χ0n) is 8.11. The smallest absolute Gasteiger partial charge is 0.335 e. The van der Waals surface area contributed by atoms with Crippen LogP contribution < -0.4 is 5.73 Å². The van der Waals surface area contributed by atoms with Crippen molar-refractivity contribution in [3.63, 3.8) is 0 Å². The summed E-state index contributed by atoms with van der Waals surface area (Å²) in [5, 5.41) is 8.72. The number of benzene rings is 1. The van der Waals surface area contributed by atoms with E-state index in [0.717, 1.165) is 12.0 Å². The second-order valence-electron chi connectivity index (χ2n) is 3.03. The summed E-state index contributed by atoms with van der Waals surface area (Å²) in [4.78, 5) is 10.6. The third-order valence-electron chi connectivity index (χ3n) is 1.91. The number of rotatable bonds is 4. The minimum atomic E-state index is -0.974. The number of alkyl halides is 1. The maximum absolute atomic E-state index is 10.6. The lowest BCUT2D eigenvalue weighted by atomic mass is 10.1. The molecule has 0 fully saturated rings. The molecular weight excluding hydrogens is 214 g/mol. The van der Waals surface area contributed by atoms with Crippen LogP contribution in [0.3, 0.4) is 0 Å². The fourth-order valence-electron chi connectivity index (χ4n) is 1.13. The molecule has 3 N–H and O–H groups in total. The minimum Gasteiger partial charge on any atom is -0.478 e. The highest BCUT2D eigenvalue weighted by Gasteiger charge is 2.03. The van der Waals surface area contributed by atoms with E-state index in [0.29, 0.717) is 11.6 Å². The van der Waals surface area contributed by atoms with Crippen LogP contribution >= 0.6 is 11.6 Å². The topological polar surface area (TPSA) is 63.3 Å². The van der Waals surface area contributed by atoms with E-state index in [-0.39, 0.29) is 5.56 Å². The van der Waals surface area contributed by atoms with E-state index >= 15 is 0 Å². The Kier molecular flexibility index (Phi) is 4.18. The van der Waals surface area contributed by atoms with Gasteiger partial charge in [0.2, 0.25) is 0 Å². The minimum absolute atomic E-state index is 0.196. The number of carboxylic acid groups (broad SMARTS) is 1. The molecule has 0 heterocycles. The van der Waals surface area contributed by atoms with Crippen molar-refractivity contribution in [3.8, 4) is 0 Å². The number of nitrogen functional groups attached to an aromatic ring is 1. The van der Waals surface area contributed by atoms with Crippen LogP contribution in [0.15, 0.2) is 24.3 Å². The molecule has 0 aliphatic rings. The van der Waals surface area contributed by atoms with Crippen molar-refractivity contribution >= 4 is 29.3 Å². The first-order valence-corrected chi connectivity index (χ1v) is 5.04. The van der Waals surface area contributed by atoms with Crippen LogP contribution in [0.1, 0.15) is 22.3 Å². The van der Waals surface area contributed by atoms with Crippen molar-refractivity contribution in [1.82, 2.24) is 0 Å². The van der Waals surface area contributed by atoms with Gasteiger partial charge in [-0.05, 0) is 24.1 Å². The summed E-state index contributed by atoms with van der Waals surface area (Å²) in [6, 6.07) is 4.66. The van der Waals surface area contributed by atoms with Crippen LogP contribution in [-0.4, -0.2) is 17.0 Å². The van der Waals surface area contributed by atoms with Gasteiger partial charge in [0.05, 0.1) is 5.56 Å². The van der Waals surface area contributed by atoms with Gasteiger partial charge < -0.3 is 10.8 Å². The maximum atomic E-state index is 10.6. The SMILES string of the molecule is Nc1cc(C(=O)O)ccc1C=CCCCl. The monoisotopic (exact) mass is 225 g/mol. The number of halogens is 1. The van der Waals surface area contributed by atoms with Gasteiger partial charge in [0.1, 0.15) is 0 Å². The number of aromatic carboxylic acids is 1. The Hall–Kier alpha value is -1.48. The molecule has 0 aliphatic heterocycles. The van der Waals surface area contributed by atoms with Gasteiger partial charge in [0.25, 0.3) is 0 Å². The van der Waals surface area contributed by atoms with E-state index in [1.165, 1.54) is 12.1 Å². The predicted octanol–water partition coefficient (Wildman–Crippen LogP) is 2.61. The predicted molar refractivity (Wildman–Crippen MR) is 62.2 cm³/mol. The molecule has 0 aliphatic carbocycles. The molecule has 0 aromatic heterocycles. The summed E-state index contributed by atoms with van der Waals surface area (Å²) in [5.74, 6) is -0.415. The summed E-state index contributed by atoms with van der Waals surface area (Å²) < 4.78 is 0. The number of carboxylic acids is 1. The molecule has 1 aromatic carbocycles. The molecular formula is C11H12ClNO2. The van der Waals surface area contributed by atoms with Crippen LogP contribution in [0.4, 0.5) is 5.69 Å². The highest BCUT2D eigenvalue weighted by atomic mass is 35.5. The van der Waals surface area contributed by atoms with Crippen LogP contribution in [-0.2, 0) is 0 Å². The molecule has 0 saturated carbocycles. The van der Waals surface area contributed by atoms with E-state index in [4.69, 9.17) is 22.4 Å². The standard InChI is InChI=1S/C11H12ClNO2/c12-6-2-1-3-8-4-5-9(11(14)15)7-10(8)13/h1,3-5,7H,2,6,13H2,(H,14,15). The number of hydrogen-bond donors (Lipinski definition) is 2. The summed E-state index contributed by atoms with van der Waals surface area (Å²) in [7, 11) is 0. The Labute approximate surface area is 93.2 Å². The molecule has 0 bridgehead atoms. The third-order valence-corrected chi connectivity index (χ3v) is 2.13. The molecule has 1 rings (SSSR count). The van der Waals surface area contributed by atoms with Crippen molar-refractivity contribution in [2.75, 3.05) is 11.6 Å². The Morgan fingerprint density at radius 1 is 1.53 bits per heavy atom. The molecule has 1 aromatic rings. The van der Waals surface area contributed by atoms with Crippen molar-refractivity contribution in [1.29, 1.82) is 0 Å². The first-order valence-electron chi connectivity index (χ1n) is 4.50. The average molecular weight is 226 g/mol. The zero-order valence-corrected chi connectivity index (χ0v) is 8.87. The van der Waals surface area contributed by atoms with Crippen LogP contribution in [0.25, 0.3) is 6.08 Å². The maximum Gasteiger partial charge on any atom is 0.335 e. The van der Waals surface area contributed by atoms with Crippen molar-refractivity contribution in [2.24, 2.45) is 0 Å². The fraction of sp³-hybridized carbons (Fsp3) is 0.182. The Morgan fingerprint density at radius 2 is 2.27 bits per heavy atom. The average Bonchev–Trinajstić information content (AvgIpc) is 2.20. The van der Waals surface area contributed by atoms with Gasteiger partial charge >= 0.3 is 5.97 Å². The highest BCUT2D eigenvalue weighted by molar-refractivity contribution is 6.17. The Balaban J connectivity index is 2.88. The van der Waals surface area contributed by atoms with Gasteiger partial charge in [-0.3, -0.25) is 0 Å². The van der Waals surface area contributed by atoms with Gasteiger partial charge in [0.15, 0.2) is 0 Å². The molecule has 0 radical (unpaired) electrons. The number of carbonyl (C=O) groups is 1. The molecule has 0 atom stereocenters. The molecule has 15 heavy (non-hydrogen) atoms. The van der Waals surface area contributed by atoms with E-state index < -0.39 is 5.97 Å². The largest absolute Gasteiger partial charge is 0.478 e. The fourth-order valence-corrected chi connectivity index (χ4v) is 1.26. The van der Waals surface area contributed by atoms with E-state index in [2.05, 4.69) is 0 Å². The molecule has 3 nitrogen and oxygen atoms in total. The quantitative estimate of drug-likeness (QED) is 0.612. The second-order valence-corrected chi connectivity index (χ2v) is 3.41. The van der Waals surface area contributed by atoms with Gasteiger partial charge in [-0.2, -0.15) is 0 Å². The first-order chi connectivity index (χ1) is 7.15. The van der Waals surface area contributed by atoms with E-state index in [1.807, 2.05) is 12.2 Å². The normalized spacial score (nSPS) is 10.7. The lowest BCUT2D eigenvalue weighted by Gasteiger charge is -2.01. The Bertz CT molecular complexity index is 388. The molecule has 0 saturated heterocycles. The van der Waals surface area contributed by atoms with E-state index in [9.17, 15) is 4.79 Å². The summed E-state index contributed by atoms with van der Waals surface area (Å²) in [6.45, 7) is 0. The van der Waals surface area contributed by atoms with Crippen molar-refractivity contribution in [2.45, 2.75) is 6.42 Å². The highest BCUT2D eigenvalue weighted by Crippen LogP contribution is 2.16. The lowest BCUT2D eigenvalue weighted by Crippen LogP contribution is -1.98. The molecule has 0 spiro atoms. The molecule has 4 heteroatoms. The van der Waals surface area contributed by atoms with Gasteiger partial charge in [0, 0.05) is 11.6 Å². The van der Waals surface area contributed by atoms with Crippen LogP contribution in [0.2, 0.25) is 0 Å². The number of nitrogens with two attached hydrogens (primary N) is 1. The van der Waals surface area contributed by atoms with E-state index in [1.54, 1.807) is 6.07 Å². The third kappa shape index (κ3) is 3.29. The molecule has 0 amide bonds. The van der Waals surface area contributed by atoms with Crippen molar-refractivity contribution < 1.29 is 9.90 Å². The first kappa shape index (κ1) is 11.6. The van der Waals surface area contributed by atoms with Gasteiger partial charge in [-0.15, -0.1) is 11.6 Å². The number of anilines is 1. The number of hydrogen-bond acceptors (Lipinski definition) is 2. The summed E-state index contributed by atoms with van der Waals surface area (Å²) in [5.41, 5.74) is 7.16. The molecule has 0 unspecified atom stereocenters. The summed E-state index contributed by atoms with van der Waals surface area (Å²) in [6.07, 6.45) is 4.50. The van der Waals surface area contributed by atoms with Gasteiger partial charge in [-0.25, -0.2) is 4.79 Å².